The Morgan fingerprint density at radius 1 is 1.10 bits per heavy atom. The normalized spacial score (nSPS) is 21.3. The Kier molecular flexibility index (Phi) is 4.31. The van der Waals surface area contributed by atoms with Crippen LogP contribution in [0.15, 0.2) is 24.5 Å². The summed E-state index contributed by atoms with van der Waals surface area (Å²) in [5.74, 6) is 0.729. The first-order valence-corrected chi connectivity index (χ1v) is 7.73. The van der Waals surface area contributed by atoms with Gasteiger partial charge in [-0.1, -0.05) is 12.8 Å². The van der Waals surface area contributed by atoms with Crippen molar-refractivity contribution in [1.29, 1.82) is 0 Å². The van der Waals surface area contributed by atoms with E-state index in [1.807, 2.05) is 12.4 Å². The zero-order valence-corrected chi connectivity index (χ0v) is 12.0. The summed E-state index contributed by atoms with van der Waals surface area (Å²) in [6.45, 7) is 4.72. The van der Waals surface area contributed by atoms with Crippen LogP contribution in [0.1, 0.15) is 31.2 Å². The van der Waals surface area contributed by atoms with E-state index < -0.39 is 0 Å². The molecule has 1 saturated heterocycles. The van der Waals surface area contributed by atoms with Crippen molar-refractivity contribution >= 4 is 5.91 Å². The molecule has 0 unspecified atom stereocenters. The van der Waals surface area contributed by atoms with Crippen molar-refractivity contribution in [1.82, 2.24) is 14.8 Å². The van der Waals surface area contributed by atoms with Gasteiger partial charge in [0.05, 0.1) is 0 Å². The van der Waals surface area contributed by atoms with E-state index in [4.69, 9.17) is 0 Å². The number of carbonyl (C=O) groups excluding carboxylic acids is 1. The number of amides is 1. The number of nitrogens with zero attached hydrogens (tertiary/aromatic N) is 3. The molecule has 1 aliphatic heterocycles. The standard InChI is InChI=1S/C16H23N3O/c20-16(15-3-1-2-4-15)19-11-9-18(10-12-19)13-14-5-7-17-8-6-14/h5-8,15H,1-4,9-13H2. The Bertz CT molecular complexity index is 434. The van der Waals surface area contributed by atoms with Crippen LogP contribution in [-0.4, -0.2) is 46.9 Å². The molecule has 108 valence electrons. The average Bonchev–Trinajstić information content (AvgIpc) is 3.03. The highest BCUT2D eigenvalue weighted by Crippen LogP contribution is 2.27. The van der Waals surface area contributed by atoms with Gasteiger partial charge in [0.25, 0.3) is 0 Å². The van der Waals surface area contributed by atoms with Gasteiger partial charge in [-0.05, 0) is 30.5 Å². The first-order chi connectivity index (χ1) is 9.83. The summed E-state index contributed by atoms with van der Waals surface area (Å²) in [6, 6.07) is 4.13. The Labute approximate surface area is 120 Å². The van der Waals surface area contributed by atoms with Gasteiger partial charge < -0.3 is 4.90 Å². The van der Waals surface area contributed by atoms with Gasteiger partial charge in [-0.3, -0.25) is 14.7 Å². The second-order valence-electron chi connectivity index (χ2n) is 5.94. The molecule has 0 aromatic carbocycles. The molecule has 2 heterocycles. The lowest BCUT2D eigenvalue weighted by Gasteiger charge is -2.36. The topological polar surface area (TPSA) is 36.4 Å². The molecule has 3 rings (SSSR count). The number of aromatic nitrogens is 1. The SMILES string of the molecule is O=C(C1CCCC1)N1CCN(Cc2ccncc2)CC1. The third-order valence-electron chi connectivity index (χ3n) is 4.54. The van der Waals surface area contributed by atoms with E-state index in [0.717, 1.165) is 45.6 Å². The minimum absolute atomic E-state index is 0.321. The number of hydrogen-bond donors (Lipinski definition) is 0. The fourth-order valence-corrected chi connectivity index (χ4v) is 3.30. The van der Waals surface area contributed by atoms with Gasteiger partial charge in [-0.25, -0.2) is 0 Å². The van der Waals surface area contributed by atoms with Gasteiger partial charge in [-0.2, -0.15) is 0 Å². The van der Waals surface area contributed by atoms with E-state index in [0.29, 0.717) is 11.8 Å². The van der Waals surface area contributed by atoms with Crippen LogP contribution in [0.3, 0.4) is 0 Å². The van der Waals surface area contributed by atoms with Crippen molar-refractivity contribution in [2.75, 3.05) is 26.2 Å². The number of pyridine rings is 1. The van der Waals surface area contributed by atoms with Crippen molar-refractivity contribution in [3.8, 4) is 0 Å². The van der Waals surface area contributed by atoms with Gasteiger partial charge in [0.2, 0.25) is 5.91 Å². The van der Waals surface area contributed by atoms with Crippen LogP contribution in [0.5, 0.6) is 0 Å². The quantitative estimate of drug-likeness (QED) is 0.844. The minimum atomic E-state index is 0.321. The average molecular weight is 273 g/mol. The molecule has 1 saturated carbocycles. The lowest BCUT2D eigenvalue weighted by molar-refractivity contribution is -0.137. The first-order valence-electron chi connectivity index (χ1n) is 7.73. The van der Waals surface area contributed by atoms with Crippen molar-refractivity contribution in [2.24, 2.45) is 5.92 Å². The largest absolute Gasteiger partial charge is 0.340 e. The van der Waals surface area contributed by atoms with Gasteiger partial charge in [0, 0.05) is 51.0 Å². The number of carbonyl (C=O) groups is 1. The summed E-state index contributed by atoms with van der Waals surface area (Å²) in [5, 5.41) is 0. The summed E-state index contributed by atoms with van der Waals surface area (Å²) in [4.78, 5) is 20.9. The molecule has 4 nitrogen and oxygen atoms in total. The maximum absolute atomic E-state index is 12.4. The third-order valence-corrected chi connectivity index (χ3v) is 4.54. The van der Waals surface area contributed by atoms with Crippen LogP contribution < -0.4 is 0 Å². The van der Waals surface area contributed by atoms with Crippen LogP contribution >= 0.6 is 0 Å². The van der Waals surface area contributed by atoms with Crippen LogP contribution in [0.4, 0.5) is 0 Å². The highest BCUT2D eigenvalue weighted by molar-refractivity contribution is 5.79. The molecule has 2 aliphatic rings. The molecule has 2 fully saturated rings. The van der Waals surface area contributed by atoms with Crippen LogP contribution in [0.25, 0.3) is 0 Å². The van der Waals surface area contributed by atoms with E-state index in [1.165, 1.54) is 18.4 Å². The Morgan fingerprint density at radius 2 is 1.75 bits per heavy atom. The molecule has 0 atom stereocenters. The maximum Gasteiger partial charge on any atom is 0.225 e. The minimum Gasteiger partial charge on any atom is -0.340 e. The monoisotopic (exact) mass is 273 g/mol. The van der Waals surface area contributed by atoms with Crippen molar-refractivity contribution in [3.05, 3.63) is 30.1 Å². The van der Waals surface area contributed by atoms with E-state index in [9.17, 15) is 4.79 Å². The van der Waals surface area contributed by atoms with Crippen molar-refractivity contribution < 1.29 is 4.79 Å². The second-order valence-corrected chi connectivity index (χ2v) is 5.94. The van der Waals surface area contributed by atoms with Crippen LogP contribution in [0.2, 0.25) is 0 Å². The summed E-state index contributed by atoms with van der Waals surface area (Å²) in [5.41, 5.74) is 1.30. The molecule has 0 radical (unpaired) electrons. The van der Waals surface area contributed by atoms with Gasteiger partial charge in [0.1, 0.15) is 0 Å². The Morgan fingerprint density at radius 3 is 2.40 bits per heavy atom. The molecular formula is C16H23N3O. The molecule has 1 amide bonds. The predicted molar refractivity (Wildman–Crippen MR) is 78.1 cm³/mol. The molecular weight excluding hydrogens is 250 g/mol. The van der Waals surface area contributed by atoms with E-state index >= 15 is 0 Å². The van der Waals surface area contributed by atoms with Crippen LogP contribution in [-0.2, 0) is 11.3 Å². The number of rotatable bonds is 3. The molecule has 20 heavy (non-hydrogen) atoms. The smallest absolute Gasteiger partial charge is 0.225 e. The highest BCUT2D eigenvalue weighted by atomic mass is 16.2. The van der Waals surface area contributed by atoms with Crippen molar-refractivity contribution in [3.63, 3.8) is 0 Å². The zero-order valence-electron chi connectivity index (χ0n) is 12.0. The van der Waals surface area contributed by atoms with Crippen molar-refractivity contribution in [2.45, 2.75) is 32.2 Å². The van der Waals surface area contributed by atoms with Gasteiger partial charge >= 0.3 is 0 Å². The van der Waals surface area contributed by atoms with E-state index in [1.54, 1.807) is 0 Å². The van der Waals surface area contributed by atoms with E-state index in [-0.39, 0.29) is 0 Å². The summed E-state index contributed by atoms with van der Waals surface area (Å²) < 4.78 is 0. The molecule has 0 spiro atoms. The molecule has 0 N–H and O–H groups in total. The summed E-state index contributed by atoms with van der Waals surface area (Å²) in [6.07, 6.45) is 8.37. The summed E-state index contributed by atoms with van der Waals surface area (Å²) in [7, 11) is 0. The van der Waals surface area contributed by atoms with Gasteiger partial charge in [-0.15, -0.1) is 0 Å². The van der Waals surface area contributed by atoms with Gasteiger partial charge in [0.15, 0.2) is 0 Å². The maximum atomic E-state index is 12.4. The van der Waals surface area contributed by atoms with Crippen LogP contribution in [0, 0.1) is 5.92 Å². The lowest BCUT2D eigenvalue weighted by atomic mass is 10.1. The predicted octanol–water partition coefficient (Wildman–Crippen LogP) is 1.92. The Balaban J connectivity index is 1.48. The fourth-order valence-electron chi connectivity index (χ4n) is 3.30. The second kappa shape index (κ2) is 6.35. The zero-order chi connectivity index (χ0) is 13.8. The Hall–Kier alpha value is -1.42. The molecule has 0 bridgehead atoms. The summed E-state index contributed by atoms with van der Waals surface area (Å²) >= 11 is 0. The number of piperazine rings is 1. The lowest BCUT2D eigenvalue weighted by Crippen LogP contribution is -2.49. The molecule has 1 aliphatic carbocycles. The molecule has 1 aromatic rings. The first kappa shape index (κ1) is 13.6. The molecule has 1 aromatic heterocycles. The van der Waals surface area contributed by atoms with E-state index in [2.05, 4.69) is 26.9 Å². The third kappa shape index (κ3) is 3.18. The molecule has 4 heteroatoms. The highest BCUT2D eigenvalue weighted by Gasteiger charge is 2.29. The fraction of sp³-hybridized carbons (Fsp3) is 0.625. The number of hydrogen-bond acceptors (Lipinski definition) is 3.